The Kier molecular flexibility index (Phi) is 8.02. The smallest absolute Gasteiger partial charge is 0.257 e. The Balaban J connectivity index is 2.20. The molecule has 0 saturated carbocycles. The first kappa shape index (κ1) is 22.2. The molecule has 4 amide bonds. The van der Waals surface area contributed by atoms with Crippen LogP contribution in [-0.4, -0.2) is 54.4 Å². The van der Waals surface area contributed by atoms with E-state index >= 15 is 0 Å². The van der Waals surface area contributed by atoms with Gasteiger partial charge in [-0.1, -0.05) is 18.6 Å². The van der Waals surface area contributed by atoms with Gasteiger partial charge >= 0.3 is 0 Å². The van der Waals surface area contributed by atoms with Gasteiger partial charge in [0.1, 0.15) is 6.04 Å². The molecular formula is C20H26N4O5. The molecule has 9 heteroatoms. The summed E-state index contributed by atoms with van der Waals surface area (Å²) in [5, 5.41) is 4.89. The zero-order valence-electron chi connectivity index (χ0n) is 16.4. The number of aldehydes is 1. The third-order valence-corrected chi connectivity index (χ3v) is 4.82. The minimum Gasteiger partial charge on any atom is -0.330 e. The molecule has 0 aliphatic carbocycles. The van der Waals surface area contributed by atoms with Crippen molar-refractivity contribution in [1.82, 2.24) is 10.2 Å². The number of unbranched alkanes of at least 4 members (excludes halogenated alkanes) is 2. The molecule has 2 rings (SSSR count). The van der Waals surface area contributed by atoms with Gasteiger partial charge in [-0.05, 0) is 31.9 Å². The molecule has 1 fully saturated rings. The molecule has 0 spiro atoms. The van der Waals surface area contributed by atoms with E-state index in [0.717, 1.165) is 12.8 Å². The zero-order chi connectivity index (χ0) is 21.4. The number of nitrogens with one attached hydrogen (secondary N) is 2. The summed E-state index contributed by atoms with van der Waals surface area (Å²) in [6.45, 7) is 0.564. The van der Waals surface area contributed by atoms with Crippen molar-refractivity contribution >= 4 is 35.6 Å². The first-order chi connectivity index (χ1) is 13.9. The van der Waals surface area contributed by atoms with Gasteiger partial charge in [-0.3, -0.25) is 29.3 Å². The van der Waals surface area contributed by atoms with Gasteiger partial charge in [-0.2, -0.15) is 0 Å². The van der Waals surface area contributed by atoms with E-state index in [9.17, 15) is 24.0 Å². The average molecular weight is 402 g/mol. The summed E-state index contributed by atoms with van der Waals surface area (Å²) in [6, 6.07) is 3.74. The molecule has 0 bridgehead atoms. The molecular weight excluding hydrogens is 376 g/mol. The predicted octanol–water partition coefficient (Wildman–Crippen LogP) is 0.834. The predicted molar refractivity (Wildman–Crippen MR) is 106 cm³/mol. The number of carbonyl (C=O) groups excluding carboxylic acids is 5. The molecule has 1 aliphatic heterocycles. The minimum absolute atomic E-state index is 0.0185. The van der Waals surface area contributed by atoms with Crippen LogP contribution < -0.4 is 16.4 Å². The van der Waals surface area contributed by atoms with Gasteiger partial charge in [0.2, 0.25) is 17.7 Å². The molecule has 4 N–H and O–H groups in total. The Morgan fingerprint density at radius 1 is 1.28 bits per heavy atom. The van der Waals surface area contributed by atoms with E-state index in [1.165, 1.54) is 24.1 Å². The normalized spacial score (nSPS) is 16.1. The van der Waals surface area contributed by atoms with Gasteiger partial charge in [0.25, 0.3) is 5.91 Å². The van der Waals surface area contributed by atoms with Crippen molar-refractivity contribution in [3.05, 3.63) is 29.3 Å². The second-order valence-corrected chi connectivity index (χ2v) is 6.92. The van der Waals surface area contributed by atoms with E-state index in [2.05, 4.69) is 10.6 Å². The quantitative estimate of drug-likeness (QED) is 0.318. The molecule has 29 heavy (non-hydrogen) atoms. The molecule has 1 aromatic rings. The monoisotopic (exact) mass is 402 g/mol. The average Bonchev–Trinajstić information content (AvgIpc) is 2.70. The van der Waals surface area contributed by atoms with Crippen molar-refractivity contribution < 1.29 is 24.0 Å². The van der Waals surface area contributed by atoms with Crippen LogP contribution in [0.4, 0.5) is 5.69 Å². The van der Waals surface area contributed by atoms with Crippen LogP contribution in [0.1, 0.15) is 59.2 Å². The molecule has 0 aromatic heterocycles. The molecule has 1 heterocycles. The number of anilines is 1. The number of piperidine rings is 1. The lowest BCUT2D eigenvalue weighted by Crippen LogP contribution is -2.53. The minimum atomic E-state index is -0.834. The molecule has 1 aromatic carbocycles. The second kappa shape index (κ2) is 10.5. The van der Waals surface area contributed by atoms with Crippen molar-refractivity contribution in [3.8, 4) is 0 Å². The van der Waals surface area contributed by atoms with Gasteiger partial charge in [0, 0.05) is 25.5 Å². The van der Waals surface area contributed by atoms with E-state index < -0.39 is 17.9 Å². The number of amides is 4. The summed E-state index contributed by atoms with van der Waals surface area (Å²) in [7, 11) is 1.43. The molecule has 9 nitrogen and oxygen atoms in total. The maximum absolute atomic E-state index is 13.1. The van der Waals surface area contributed by atoms with Crippen LogP contribution in [0, 0.1) is 0 Å². The number of carbonyl (C=O) groups is 5. The Morgan fingerprint density at radius 3 is 2.69 bits per heavy atom. The maximum atomic E-state index is 13.1. The SMILES string of the molecule is CN(C(=O)c1c(C=O)cccc1NC(=O)CCCCCN)C1CCC(=O)NC1=O. The van der Waals surface area contributed by atoms with Crippen molar-refractivity contribution in [1.29, 1.82) is 0 Å². The first-order valence-corrected chi connectivity index (χ1v) is 9.58. The Morgan fingerprint density at radius 2 is 2.03 bits per heavy atom. The van der Waals surface area contributed by atoms with Crippen molar-refractivity contribution in [3.63, 3.8) is 0 Å². The lowest BCUT2D eigenvalue weighted by atomic mass is 10.0. The van der Waals surface area contributed by atoms with Crippen molar-refractivity contribution in [2.24, 2.45) is 5.73 Å². The fraction of sp³-hybridized carbons (Fsp3) is 0.450. The topological polar surface area (TPSA) is 139 Å². The van der Waals surface area contributed by atoms with Crippen LogP contribution in [0.3, 0.4) is 0 Å². The van der Waals surface area contributed by atoms with Gasteiger partial charge in [-0.25, -0.2) is 0 Å². The number of imide groups is 1. The number of nitrogens with two attached hydrogens (primary N) is 1. The van der Waals surface area contributed by atoms with E-state index in [0.29, 0.717) is 19.3 Å². The number of hydrogen-bond acceptors (Lipinski definition) is 6. The lowest BCUT2D eigenvalue weighted by molar-refractivity contribution is -0.136. The third-order valence-electron chi connectivity index (χ3n) is 4.82. The van der Waals surface area contributed by atoms with Gasteiger partial charge in [-0.15, -0.1) is 0 Å². The lowest BCUT2D eigenvalue weighted by Gasteiger charge is -2.30. The third kappa shape index (κ3) is 5.71. The number of nitrogens with zero attached hydrogens (tertiary/aromatic N) is 1. The van der Waals surface area contributed by atoms with Crippen LogP contribution in [0.5, 0.6) is 0 Å². The fourth-order valence-electron chi connectivity index (χ4n) is 3.20. The Labute approximate surface area is 169 Å². The molecule has 1 saturated heterocycles. The second-order valence-electron chi connectivity index (χ2n) is 6.92. The summed E-state index contributed by atoms with van der Waals surface area (Å²) >= 11 is 0. The van der Waals surface area contributed by atoms with Crippen LogP contribution in [0.15, 0.2) is 18.2 Å². The summed E-state index contributed by atoms with van der Waals surface area (Å²) in [4.78, 5) is 61.5. The molecule has 1 atom stereocenters. The number of hydrogen-bond donors (Lipinski definition) is 3. The highest BCUT2D eigenvalue weighted by Gasteiger charge is 2.34. The van der Waals surface area contributed by atoms with Gasteiger partial charge in [0.05, 0.1) is 11.3 Å². The maximum Gasteiger partial charge on any atom is 0.257 e. The number of likely N-dealkylation sites (N-methyl/N-ethyl adjacent to an activating group) is 1. The molecule has 0 radical (unpaired) electrons. The van der Waals surface area contributed by atoms with Crippen LogP contribution in [-0.2, 0) is 14.4 Å². The van der Waals surface area contributed by atoms with E-state index in [-0.39, 0.29) is 47.9 Å². The molecule has 1 unspecified atom stereocenters. The zero-order valence-corrected chi connectivity index (χ0v) is 16.4. The van der Waals surface area contributed by atoms with Gasteiger partial charge in [0.15, 0.2) is 6.29 Å². The molecule has 1 aliphatic rings. The number of benzene rings is 1. The largest absolute Gasteiger partial charge is 0.330 e. The van der Waals surface area contributed by atoms with E-state index in [1.54, 1.807) is 6.07 Å². The number of rotatable bonds is 9. The summed E-state index contributed by atoms with van der Waals surface area (Å²) in [6.07, 6.45) is 3.42. The Hall–Kier alpha value is -3.07. The van der Waals surface area contributed by atoms with Crippen molar-refractivity contribution in [2.75, 3.05) is 18.9 Å². The highest BCUT2D eigenvalue weighted by atomic mass is 16.2. The highest BCUT2D eigenvalue weighted by molar-refractivity contribution is 6.10. The highest BCUT2D eigenvalue weighted by Crippen LogP contribution is 2.23. The summed E-state index contributed by atoms with van der Waals surface area (Å²) < 4.78 is 0. The summed E-state index contributed by atoms with van der Waals surface area (Å²) in [5.74, 6) is -1.81. The van der Waals surface area contributed by atoms with Crippen LogP contribution in [0.25, 0.3) is 0 Å². The first-order valence-electron chi connectivity index (χ1n) is 9.58. The standard InChI is InChI=1S/C20H26N4O5/c1-24(15-9-10-17(27)23-19(15)28)20(29)18-13(12-25)6-5-7-14(18)22-16(26)8-3-2-4-11-21/h5-7,12,15H,2-4,8-11,21H2,1H3,(H,22,26)(H,23,27,28). The van der Waals surface area contributed by atoms with E-state index in [1.807, 2.05) is 0 Å². The van der Waals surface area contributed by atoms with Crippen molar-refractivity contribution in [2.45, 2.75) is 44.6 Å². The molecule has 156 valence electrons. The van der Waals surface area contributed by atoms with E-state index in [4.69, 9.17) is 5.73 Å². The van der Waals surface area contributed by atoms with Crippen LogP contribution in [0.2, 0.25) is 0 Å². The van der Waals surface area contributed by atoms with Gasteiger partial charge < -0.3 is 16.0 Å². The van der Waals surface area contributed by atoms with Crippen LogP contribution >= 0.6 is 0 Å². The Bertz CT molecular complexity index is 808. The fourth-order valence-corrected chi connectivity index (χ4v) is 3.20. The summed E-state index contributed by atoms with van der Waals surface area (Å²) in [5.41, 5.74) is 5.77.